The molecule has 8 heteroatoms. The summed E-state index contributed by atoms with van der Waals surface area (Å²) in [6.45, 7) is 3.80. The quantitative estimate of drug-likeness (QED) is 0.578. The van der Waals surface area contributed by atoms with Crippen LogP contribution < -0.4 is 16.2 Å². The number of rotatable bonds is 4. The third-order valence-electron chi connectivity index (χ3n) is 5.76. The third-order valence-corrected chi connectivity index (χ3v) is 5.76. The first-order chi connectivity index (χ1) is 14.6. The second-order valence-corrected chi connectivity index (χ2v) is 7.82. The molecule has 4 N–H and O–H groups in total. The number of azo groups is 1. The number of carbonyl (C=O) groups is 1. The van der Waals surface area contributed by atoms with Gasteiger partial charge in [-0.15, -0.1) is 10.2 Å². The Morgan fingerprint density at radius 1 is 0.933 bits per heavy atom. The summed E-state index contributed by atoms with van der Waals surface area (Å²) >= 11 is 0. The van der Waals surface area contributed by atoms with Crippen LogP contribution >= 0.6 is 0 Å². The molecule has 2 saturated heterocycles. The van der Waals surface area contributed by atoms with Crippen LogP contribution in [0, 0.1) is 0 Å². The van der Waals surface area contributed by atoms with Gasteiger partial charge >= 0.3 is 6.09 Å². The van der Waals surface area contributed by atoms with Crippen LogP contribution in [0.5, 0.6) is 5.75 Å². The monoisotopic (exact) mass is 408 g/mol. The Morgan fingerprint density at radius 3 is 2.37 bits per heavy atom. The normalized spacial score (nSPS) is 18.2. The fraction of sp³-hybridized carbons (Fsp3) is 0.409. The maximum atomic E-state index is 12.7. The second-order valence-electron chi connectivity index (χ2n) is 7.82. The van der Waals surface area contributed by atoms with Crippen molar-refractivity contribution in [3.8, 4) is 5.75 Å². The van der Waals surface area contributed by atoms with E-state index < -0.39 is 0 Å². The number of carbonyl (C=O) groups excluding carboxylic acids is 1. The van der Waals surface area contributed by atoms with Crippen LogP contribution in [-0.2, 0) is 0 Å². The van der Waals surface area contributed by atoms with E-state index in [-0.39, 0.29) is 6.09 Å². The van der Waals surface area contributed by atoms with Gasteiger partial charge in [-0.25, -0.2) is 4.79 Å². The Hall–Kier alpha value is -3.13. The van der Waals surface area contributed by atoms with Crippen molar-refractivity contribution >= 4 is 28.8 Å². The predicted octanol–water partition coefficient (Wildman–Crippen LogP) is 4.33. The van der Waals surface area contributed by atoms with Crippen molar-refractivity contribution in [2.75, 3.05) is 37.6 Å². The SMILES string of the molecule is Nc1ccc(N=Nc2ccccc2OC(=O)N2CCC(N3CCCC3)CC2)c(N)c1. The number of para-hydroxylation sites is 1. The molecular formula is C22H28N6O2. The number of likely N-dealkylation sites (tertiary alicyclic amines) is 2. The smallest absolute Gasteiger partial charge is 0.408 e. The average Bonchev–Trinajstić information content (AvgIpc) is 3.29. The Morgan fingerprint density at radius 2 is 1.63 bits per heavy atom. The molecule has 0 spiro atoms. The molecule has 0 aromatic heterocycles. The van der Waals surface area contributed by atoms with Gasteiger partial charge < -0.3 is 26.0 Å². The zero-order valence-electron chi connectivity index (χ0n) is 17.0. The van der Waals surface area contributed by atoms with E-state index in [2.05, 4.69) is 15.1 Å². The number of nitrogen functional groups attached to an aromatic ring is 2. The Labute approximate surface area is 176 Å². The molecule has 4 rings (SSSR count). The number of amides is 1. The van der Waals surface area contributed by atoms with Crippen LogP contribution in [0.4, 0.5) is 27.5 Å². The number of ether oxygens (including phenoxy) is 1. The number of hydrogen-bond acceptors (Lipinski definition) is 7. The van der Waals surface area contributed by atoms with Gasteiger partial charge in [-0.1, -0.05) is 12.1 Å². The first-order valence-electron chi connectivity index (χ1n) is 10.5. The molecule has 2 heterocycles. The van der Waals surface area contributed by atoms with Crippen LogP contribution in [0.15, 0.2) is 52.7 Å². The van der Waals surface area contributed by atoms with Crippen molar-refractivity contribution in [1.29, 1.82) is 0 Å². The van der Waals surface area contributed by atoms with E-state index in [4.69, 9.17) is 16.2 Å². The Kier molecular flexibility index (Phi) is 6.13. The Balaban J connectivity index is 1.39. The summed E-state index contributed by atoms with van der Waals surface area (Å²) in [5, 5.41) is 8.42. The highest BCUT2D eigenvalue weighted by Crippen LogP contribution is 2.32. The maximum absolute atomic E-state index is 12.7. The summed E-state index contributed by atoms with van der Waals surface area (Å²) in [6, 6.07) is 12.7. The molecule has 30 heavy (non-hydrogen) atoms. The molecule has 0 bridgehead atoms. The lowest BCUT2D eigenvalue weighted by Gasteiger charge is -2.36. The van der Waals surface area contributed by atoms with Gasteiger partial charge in [0, 0.05) is 24.8 Å². The number of nitrogens with two attached hydrogens (primary N) is 2. The molecule has 158 valence electrons. The number of piperidine rings is 1. The summed E-state index contributed by atoms with van der Waals surface area (Å²) in [5.74, 6) is 0.377. The molecule has 8 nitrogen and oxygen atoms in total. The van der Waals surface area contributed by atoms with Crippen LogP contribution in [0.1, 0.15) is 25.7 Å². The number of benzene rings is 2. The highest BCUT2D eigenvalue weighted by atomic mass is 16.6. The van der Waals surface area contributed by atoms with E-state index in [0.717, 1.165) is 12.8 Å². The van der Waals surface area contributed by atoms with E-state index in [1.54, 1.807) is 41.3 Å². The summed E-state index contributed by atoms with van der Waals surface area (Å²) in [4.78, 5) is 17.0. The first kappa shape index (κ1) is 20.2. The molecule has 1 amide bonds. The van der Waals surface area contributed by atoms with Gasteiger partial charge in [0.25, 0.3) is 0 Å². The van der Waals surface area contributed by atoms with Crippen molar-refractivity contribution in [3.05, 3.63) is 42.5 Å². The van der Waals surface area contributed by atoms with Crippen LogP contribution in [0.3, 0.4) is 0 Å². The van der Waals surface area contributed by atoms with Crippen LogP contribution in [0.2, 0.25) is 0 Å². The fourth-order valence-electron chi connectivity index (χ4n) is 4.08. The molecule has 2 aromatic carbocycles. The molecule has 2 aliphatic heterocycles. The fourth-order valence-corrected chi connectivity index (χ4v) is 4.08. The van der Waals surface area contributed by atoms with Crippen LogP contribution in [-0.4, -0.2) is 48.1 Å². The van der Waals surface area contributed by atoms with Gasteiger partial charge in [-0.3, -0.25) is 0 Å². The van der Waals surface area contributed by atoms with Gasteiger partial charge in [-0.2, -0.15) is 0 Å². The highest BCUT2D eigenvalue weighted by Gasteiger charge is 2.29. The van der Waals surface area contributed by atoms with Gasteiger partial charge in [0.2, 0.25) is 0 Å². The van der Waals surface area contributed by atoms with Gasteiger partial charge in [-0.05, 0) is 69.1 Å². The van der Waals surface area contributed by atoms with E-state index in [1.807, 2.05) is 6.07 Å². The largest absolute Gasteiger partial charge is 0.415 e. The number of nitrogens with zero attached hydrogens (tertiary/aromatic N) is 4. The lowest BCUT2D eigenvalue weighted by molar-refractivity contribution is 0.110. The van der Waals surface area contributed by atoms with E-state index in [1.165, 1.54) is 25.9 Å². The van der Waals surface area contributed by atoms with Gasteiger partial charge in [0.05, 0.1) is 5.69 Å². The lowest BCUT2D eigenvalue weighted by Crippen LogP contribution is -2.46. The molecule has 0 atom stereocenters. The minimum absolute atomic E-state index is 0.343. The minimum Gasteiger partial charge on any atom is -0.408 e. The topological polar surface area (TPSA) is 110 Å². The second kappa shape index (κ2) is 9.13. The zero-order chi connectivity index (χ0) is 20.9. The van der Waals surface area contributed by atoms with Gasteiger partial charge in [0.1, 0.15) is 11.4 Å². The van der Waals surface area contributed by atoms with E-state index in [9.17, 15) is 4.79 Å². The maximum Gasteiger partial charge on any atom is 0.415 e. The van der Waals surface area contributed by atoms with Crippen LogP contribution in [0.25, 0.3) is 0 Å². The van der Waals surface area contributed by atoms with Crippen molar-refractivity contribution in [2.24, 2.45) is 10.2 Å². The third kappa shape index (κ3) is 4.71. The van der Waals surface area contributed by atoms with E-state index in [0.29, 0.717) is 47.6 Å². The molecule has 2 fully saturated rings. The van der Waals surface area contributed by atoms with Crippen molar-refractivity contribution in [1.82, 2.24) is 9.80 Å². The minimum atomic E-state index is -0.343. The molecule has 0 aliphatic carbocycles. The summed E-state index contributed by atoms with van der Waals surface area (Å²) in [6.07, 6.45) is 4.22. The van der Waals surface area contributed by atoms with Gasteiger partial charge in [0.15, 0.2) is 5.75 Å². The highest BCUT2D eigenvalue weighted by molar-refractivity contribution is 5.73. The number of hydrogen-bond donors (Lipinski definition) is 2. The molecule has 2 aromatic rings. The zero-order valence-corrected chi connectivity index (χ0v) is 17.0. The molecule has 2 aliphatic rings. The predicted molar refractivity (Wildman–Crippen MR) is 117 cm³/mol. The molecule has 0 unspecified atom stereocenters. The first-order valence-corrected chi connectivity index (χ1v) is 10.5. The molecule has 0 radical (unpaired) electrons. The molecular weight excluding hydrogens is 380 g/mol. The van der Waals surface area contributed by atoms with Crippen molar-refractivity contribution in [2.45, 2.75) is 31.7 Å². The molecule has 0 saturated carbocycles. The standard InChI is InChI=1S/C22H28N6O2/c23-16-7-8-19(18(24)15-16)25-26-20-5-1-2-6-21(20)30-22(29)28-13-9-17(10-14-28)27-11-3-4-12-27/h1-2,5-8,15,17H,3-4,9-14,23-24H2. The van der Waals surface area contributed by atoms with Crippen molar-refractivity contribution in [3.63, 3.8) is 0 Å². The van der Waals surface area contributed by atoms with Crippen molar-refractivity contribution < 1.29 is 9.53 Å². The number of anilines is 2. The average molecular weight is 409 g/mol. The summed E-state index contributed by atoms with van der Waals surface area (Å²) in [7, 11) is 0. The van der Waals surface area contributed by atoms with E-state index >= 15 is 0 Å². The Bertz CT molecular complexity index is 918. The summed E-state index contributed by atoms with van der Waals surface area (Å²) < 4.78 is 5.65. The summed E-state index contributed by atoms with van der Waals surface area (Å²) in [5.41, 5.74) is 13.6. The lowest BCUT2D eigenvalue weighted by atomic mass is 10.0.